The Balaban J connectivity index is 1.11. The Kier molecular flexibility index (Phi) is 27.0. The van der Waals surface area contributed by atoms with E-state index in [2.05, 4.69) is 0 Å². The predicted octanol–water partition coefficient (Wildman–Crippen LogP) is -3.56. The first-order valence-corrected chi connectivity index (χ1v) is 30.4. The average Bonchev–Trinajstić information content (AvgIpc) is 0.882. The van der Waals surface area contributed by atoms with Crippen LogP contribution < -0.4 is 0 Å². The summed E-state index contributed by atoms with van der Waals surface area (Å²) < 4.78 is 84.5. The molecule has 4 fully saturated rings. The van der Waals surface area contributed by atoms with Crippen LogP contribution in [-0.4, -0.2) is 269 Å². The number of carbonyl (C=O) groups is 6. The SMILES string of the molecule is C/C=C1\[C@H](O[C@@H]2O[C@H](CO)[C@@H](O)[C@H](O)[C@H]2O)OC=C(C(=O)OC)[C@H]1CC(=O)OC[C@H](C)[C@@H]1C[C@H](OC(=O)C[C@@H]2C(C(=O)OC)=CO[C@@H](O[C@@H]3O[C@H](CO)[C@@H](O)[C@H](O)[C@H]3O)/C2=C/C)[C@H](C)[C@H]1COC(=O)C[C@@H]1C(C(=O)OC)=CO[C@@H](O[C@@H]2O[C@H](CO)[C@@H](O)[C@H](O)[C@H]2O)/C1=C/C. The Morgan fingerprint density at radius 3 is 1.15 bits per heavy atom. The second-order valence-corrected chi connectivity index (χ2v) is 23.5. The molecule has 528 valence electrons. The van der Waals surface area contributed by atoms with E-state index in [1.165, 1.54) is 39.0 Å². The number of allylic oxidation sites excluding steroid dienone is 3. The van der Waals surface area contributed by atoms with Crippen LogP contribution in [0.4, 0.5) is 0 Å². The lowest BCUT2D eigenvalue weighted by Crippen LogP contribution is -2.60. The summed E-state index contributed by atoms with van der Waals surface area (Å²) in [7, 11) is 3.28. The Morgan fingerprint density at radius 2 is 0.830 bits per heavy atom. The van der Waals surface area contributed by atoms with Crippen molar-refractivity contribution in [3.63, 3.8) is 0 Å². The normalized spacial score (nSPS) is 39.1. The van der Waals surface area contributed by atoms with Crippen molar-refractivity contribution in [2.24, 2.45) is 41.4 Å². The Bertz CT molecular complexity index is 2830. The summed E-state index contributed by atoms with van der Waals surface area (Å²) in [4.78, 5) is 82.5. The van der Waals surface area contributed by atoms with E-state index in [9.17, 15) is 90.0 Å². The molecule has 0 aromatic heterocycles. The molecule has 1 saturated carbocycles. The molecule has 3 saturated heterocycles. The van der Waals surface area contributed by atoms with Gasteiger partial charge in [-0.15, -0.1) is 0 Å². The minimum atomic E-state index is -1.86. The molecule has 0 radical (unpaired) electrons. The van der Waals surface area contributed by atoms with E-state index < -0.39 is 233 Å². The molecule has 0 aromatic rings. The van der Waals surface area contributed by atoms with Crippen molar-refractivity contribution >= 4 is 35.8 Å². The van der Waals surface area contributed by atoms with Crippen molar-refractivity contribution < 1.29 is 161 Å². The zero-order valence-corrected chi connectivity index (χ0v) is 52.8. The van der Waals surface area contributed by atoms with Crippen molar-refractivity contribution in [1.29, 1.82) is 0 Å². The van der Waals surface area contributed by atoms with Gasteiger partial charge in [0.15, 0.2) is 18.9 Å². The van der Waals surface area contributed by atoms with Crippen LogP contribution in [0.3, 0.4) is 0 Å². The second-order valence-electron chi connectivity index (χ2n) is 23.5. The highest BCUT2D eigenvalue weighted by Crippen LogP contribution is 2.46. The smallest absolute Gasteiger partial charge is 0.337 e. The van der Waals surface area contributed by atoms with E-state index in [1.54, 1.807) is 13.8 Å². The molecule has 0 aromatic carbocycles. The molecule has 0 spiro atoms. The fourth-order valence-corrected chi connectivity index (χ4v) is 12.6. The maximum absolute atomic E-state index is 14.4. The van der Waals surface area contributed by atoms with Crippen molar-refractivity contribution in [1.82, 2.24) is 0 Å². The quantitative estimate of drug-likeness (QED) is 0.0253. The maximum atomic E-state index is 14.4. The second kappa shape index (κ2) is 33.7. The number of aliphatic hydroxyl groups is 12. The van der Waals surface area contributed by atoms with Gasteiger partial charge in [0.1, 0.15) is 79.4 Å². The summed E-state index contributed by atoms with van der Waals surface area (Å²) in [5.74, 6) is -11.5. The number of hydrogen-bond donors (Lipinski definition) is 12. The van der Waals surface area contributed by atoms with Gasteiger partial charge in [0, 0.05) is 40.4 Å². The topological polar surface area (TPSA) is 484 Å². The van der Waals surface area contributed by atoms with E-state index in [-0.39, 0.29) is 53.1 Å². The first-order chi connectivity index (χ1) is 44.8. The maximum Gasteiger partial charge on any atom is 0.337 e. The third-order valence-corrected chi connectivity index (χ3v) is 18.1. The molecule has 0 amide bonds. The molecule has 26 atom stereocenters. The molecule has 12 N–H and O–H groups in total. The molecule has 33 nitrogen and oxygen atoms in total. The fourth-order valence-electron chi connectivity index (χ4n) is 12.6. The summed E-state index contributed by atoms with van der Waals surface area (Å²) in [6, 6.07) is 0. The van der Waals surface area contributed by atoms with Crippen molar-refractivity contribution in [2.75, 3.05) is 54.4 Å². The van der Waals surface area contributed by atoms with Crippen molar-refractivity contribution in [2.45, 2.75) is 177 Å². The molecule has 6 heterocycles. The van der Waals surface area contributed by atoms with Gasteiger partial charge in [-0.05, 0) is 44.9 Å². The van der Waals surface area contributed by atoms with E-state index in [0.717, 1.165) is 40.1 Å². The highest BCUT2D eigenvalue weighted by molar-refractivity contribution is 5.92. The predicted molar refractivity (Wildman–Crippen MR) is 307 cm³/mol. The summed E-state index contributed by atoms with van der Waals surface area (Å²) >= 11 is 0. The first-order valence-electron chi connectivity index (χ1n) is 30.4. The molecule has 0 unspecified atom stereocenters. The van der Waals surface area contributed by atoms with Gasteiger partial charge in [-0.25, -0.2) is 14.4 Å². The summed E-state index contributed by atoms with van der Waals surface area (Å²) in [6.07, 6.45) is -25.1. The van der Waals surface area contributed by atoms with Gasteiger partial charge in [-0.3, -0.25) is 14.4 Å². The summed E-state index contributed by atoms with van der Waals surface area (Å²) in [6.45, 7) is 5.01. The largest absolute Gasteiger partial charge is 0.468 e. The zero-order valence-electron chi connectivity index (χ0n) is 52.8. The molecule has 33 heteroatoms. The van der Waals surface area contributed by atoms with Gasteiger partial charge in [0.05, 0.1) is 109 Å². The van der Waals surface area contributed by atoms with Gasteiger partial charge in [0.25, 0.3) is 0 Å². The number of rotatable bonds is 24. The van der Waals surface area contributed by atoms with E-state index in [4.69, 9.17) is 71.1 Å². The fraction of sp³-hybridized carbons (Fsp3) is 0.705. The number of ether oxygens (including phenoxy) is 15. The molecule has 7 aliphatic rings. The Labute approximate surface area is 539 Å². The zero-order chi connectivity index (χ0) is 69.2. The lowest BCUT2D eigenvalue weighted by atomic mass is 9.83. The van der Waals surface area contributed by atoms with Crippen molar-refractivity contribution in [3.8, 4) is 0 Å². The molecular weight excluding hydrogens is 1260 g/mol. The van der Waals surface area contributed by atoms with Gasteiger partial charge in [-0.1, -0.05) is 32.1 Å². The molecule has 0 bridgehead atoms. The molecule has 94 heavy (non-hydrogen) atoms. The van der Waals surface area contributed by atoms with Crippen LogP contribution in [0.15, 0.2) is 70.5 Å². The Morgan fingerprint density at radius 1 is 0.500 bits per heavy atom. The van der Waals surface area contributed by atoms with Crippen LogP contribution in [-0.2, 0) is 99.8 Å². The molecule has 1 aliphatic carbocycles. The van der Waals surface area contributed by atoms with Crippen molar-refractivity contribution in [3.05, 3.63) is 70.5 Å². The number of esters is 6. The summed E-state index contributed by atoms with van der Waals surface area (Å²) in [5, 5.41) is 124. The average molecular weight is 1350 g/mol. The van der Waals surface area contributed by atoms with Gasteiger partial charge < -0.3 is 132 Å². The van der Waals surface area contributed by atoms with Gasteiger partial charge >= 0.3 is 35.8 Å². The van der Waals surface area contributed by atoms with Gasteiger partial charge in [-0.2, -0.15) is 0 Å². The van der Waals surface area contributed by atoms with E-state index in [1.807, 2.05) is 0 Å². The highest BCUT2D eigenvalue weighted by Gasteiger charge is 2.52. The minimum Gasteiger partial charge on any atom is -0.468 e. The number of hydrogen-bond acceptors (Lipinski definition) is 33. The van der Waals surface area contributed by atoms with Crippen LogP contribution in [0.2, 0.25) is 0 Å². The Hall–Kier alpha value is -6.06. The third-order valence-electron chi connectivity index (χ3n) is 18.1. The van der Waals surface area contributed by atoms with Crippen LogP contribution >= 0.6 is 0 Å². The lowest BCUT2D eigenvalue weighted by Gasteiger charge is -2.42. The van der Waals surface area contributed by atoms with Crippen LogP contribution in [0.25, 0.3) is 0 Å². The number of aliphatic hydroxyl groups excluding tert-OH is 12. The van der Waals surface area contributed by atoms with Crippen LogP contribution in [0.1, 0.15) is 60.3 Å². The number of carbonyl (C=O) groups excluding carboxylic acids is 6. The first kappa shape index (κ1) is 75.3. The van der Waals surface area contributed by atoms with Crippen LogP contribution in [0.5, 0.6) is 0 Å². The lowest BCUT2D eigenvalue weighted by molar-refractivity contribution is -0.327. The monoisotopic (exact) mass is 1350 g/mol. The molecule has 7 rings (SSSR count). The third kappa shape index (κ3) is 16.7. The van der Waals surface area contributed by atoms with E-state index >= 15 is 0 Å². The number of methoxy groups -OCH3 is 3. The highest BCUT2D eigenvalue weighted by atomic mass is 16.8. The molecule has 6 aliphatic heterocycles. The molecular formula is C61H86O33. The summed E-state index contributed by atoms with van der Waals surface area (Å²) in [5.41, 5.74) is -0.0660. The standard InChI is InChI=1S/C61H86O33/c1-9-26-30(34(53(77)80-6)21-85-56(26)92-59-50(74)47(71)44(68)38(16-62)89-59)13-41(65)83-19-24(4)29-12-37(88-43(67)15-32-28(11-3)58(87-23-36(32)55(79)82-8)94-61-52(76)49(73)46(70)40(18-64)91-61)25(5)33(29)20-84-42(66)14-31-27(10-2)57(86-22-35(31)54(78)81-7)93-60-51(75)48(72)45(69)39(17-63)90-60/h9-11,21-25,29-33,37-40,44-52,56-64,68-76H,12-20H2,1-8H3/b26-9-,27-10+,28-11+/t24-,25+,29-,30-,31-,32-,33+,37-,38+,39+,40+,44+,45+,46+,47-,48-,49-,50+,51+,52+,56-,57-,58-,59-,60-,61-/m0/s1. The van der Waals surface area contributed by atoms with Gasteiger partial charge in [0.2, 0.25) is 18.9 Å². The van der Waals surface area contributed by atoms with Crippen LogP contribution in [0, 0.1) is 41.4 Å². The minimum absolute atomic E-state index is 0.0460. The van der Waals surface area contributed by atoms with E-state index in [0.29, 0.717) is 0 Å².